The van der Waals surface area contributed by atoms with Crippen LogP contribution in [0.1, 0.15) is 50.0 Å². The Morgan fingerprint density at radius 2 is 1.68 bits per heavy atom. The Bertz CT molecular complexity index is 584. The maximum absolute atomic E-state index is 11.9. The van der Waals surface area contributed by atoms with E-state index in [1.54, 1.807) is 24.3 Å². The number of hydrogen-bond acceptors (Lipinski definition) is 4. The first kappa shape index (κ1) is 20.5. The van der Waals surface area contributed by atoms with Crippen LogP contribution >= 0.6 is 0 Å². The zero-order valence-corrected chi connectivity index (χ0v) is 15.2. The van der Waals surface area contributed by atoms with E-state index in [1.807, 2.05) is 27.7 Å². The van der Waals surface area contributed by atoms with Crippen LogP contribution in [0, 0.1) is 0 Å². The van der Waals surface area contributed by atoms with E-state index in [9.17, 15) is 14.4 Å². The van der Waals surface area contributed by atoms with Gasteiger partial charge in [-0.15, -0.1) is 0 Å². The maximum Gasteiger partial charge on any atom is 0.338 e. The fourth-order valence-corrected chi connectivity index (χ4v) is 1.89. The van der Waals surface area contributed by atoms with Crippen molar-refractivity contribution in [3.05, 3.63) is 35.4 Å². The van der Waals surface area contributed by atoms with Gasteiger partial charge in [-0.05, 0) is 44.9 Å². The lowest BCUT2D eigenvalue weighted by Gasteiger charge is -2.12. The Kier molecular flexibility index (Phi) is 8.46. The number of urea groups is 1. The Balaban J connectivity index is 2.43. The van der Waals surface area contributed by atoms with Crippen LogP contribution in [-0.4, -0.2) is 36.6 Å². The summed E-state index contributed by atoms with van der Waals surface area (Å²) in [5, 5.41) is 8.17. The molecule has 0 radical (unpaired) electrons. The summed E-state index contributed by atoms with van der Waals surface area (Å²) in [5.74, 6) is -0.879. The highest BCUT2D eigenvalue weighted by Gasteiger charge is 2.11. The second-order valence-corrected chi connectivity index (χ2v) is 6.13. The molecular weight excluding hydrogens is 322 g/mol. The van der Waals surface area contributed by atoms with Crippen LogP contribution in [0.3, 0.4) is 0 Å². The minimum atomic E-state index is -0.559. The lowest BCUT2D eigenvalue weighted by atomic mass is 10.1. The van der Waals surface area contributed by atoms with Crippen LogP contribution in [0.25, 0.3) is 0 Å². The van der Waals surface area contributed by atoms with Gasteiger partial charge in [0.1, 0.15) is 0 Å². The van der Waals surface area contributed by atoms with Gasteiger partial charge in [0, 0.05) is 18.6 Å². The summed E-state index contributed by atoms with van der Waals surface area (Å²) in [4.78, 5) is 35.0. The van der Waals surface area contributed by atoms with Crippen LogP contribution in [-0.2, 0) is 16.1 Å². The van der Waals surface area contributed by atoms with Crippen LogP contribution in [0.5, 0.6) is 0 Å². The number of rotatable bonds is 8. The van der Waals surface area contributed by atoms with E-state index in [2.05, 4.69) is 16.0 Å². The minimum Gasteiger partial charge on any atom is -0.452 e. The predicted molar refractivity (Wildman–Crippen MR) is 95.1 cm³/mol. The van der Waals surface area contributed by atoms with Crippen molar-refractivity contribution < 1.29 is 19.1 Å². The lowest BCUT2D eigenvalue weighted by Crippen LogP contribution is -2.39. The quantitative estimate of drug-likeness (QED) is 0.625. The van der Waals surface area contributed by atoms with Crippen LogP contribution in [0.15, 0.2) is 24.3 Å². The van der Waals surface area contributed by atoms with Crippen molar-refractivity contribution in [1.29, 1.82) is 0 Å². The largest absolute Gasteiger partial charge is 0.452 e. The molecule has 0 spiro atoms. The molecule has 0 fully saturated rings. The van der Waals surface area contributed by atoms with Crippen molar-refractivity contribution in [2.45, 2.75) is 52.7 Å². The molecule has 7 nitrogen and oxygen atoms in total. The summed E-state index contributed by atoms with van der Waals surface area (Å²) >= 11 is 0. The van der Waals surface area contributed by atoms with E-state index in [0.29, 0.717) is 12.1 Å². The summed E-state index contributed by atoms with van der Waals surface area (Å²) in [5.41, 5.74) is 1.21. The monoisotopic (exact) mass is 349 g/mol. The Morgan fingerprint density at radius 1 is 1.04 bits per heavy atom. The number of esters is 1. The van der Waals surface area contributed by atoms with E-state index in [0.717, 1.165) is 12.0 Å². The summed E-state index contributed by atoms with van der Waals surface area (Å²) in [6.07, 6.45) is 0.810. The van der Waals surface area contributed by atoms with Gasteiger partial charge in [-0.25, -0.2) is 9.59 Å². The van der Waals surface area contributed by atoms with Gasteiger partial charge in [-0.2, -0.15) is 0 Å². The van der Waals surface area contributed by atoms with E-state index >= 15 is 0 Å². The molecule has 0 unspecified atom stereocenters. The van der Waals surface area contributed by atoms with Crippen LogP contribution in [0.4, 0.5) is 4.79 Å². The molecule has 1 atom stereocenters. The van der Waals surface area contributed by atoms with E-state index in [1.165, 1.54) is 0 Å². The first-order valence-corrected chi connectivity index (χ1v) is 8.41. The Labute approximate surface area is 148 Å². The second-order valence-electron chi connectivity index (χ2n) is 6.13. The highest BCUT2D eigenvalue weighted by Crippen LogP contribution is 2.06. The number of ether oxygens (including phenoxy) is 1. The number of amides is 3. The SMILES string of the molecule is CC[C@H](C)NC(=O)COC(=O)c1ccc(CNC(=O)NC(C)C)cc1. The van der Waals surface area contributed by atoms with Crippen molar-refractivity contribution in [2.24, 2.45) is 0 Å². The zero-order valence-electron chi connectivity index (χ0n) is 15.2. The van der Waals surface area contributed by atoms with Gasteiger partial charge in [0.25, 0.3) is 5.91 Å². The number of nitrogens with one attached hydrogen (secondary N) is 3. The van der Waals surface area contributed by atoms with Crippen LogP contribution in [0.2, 0.25) is 0 Å². The third kappa shape index (κ3) is 8.19. The molecule has 1 aromatic rings. The standard InChI is InChI=1S/C18H27N3O4/c1-5-13(4)21-16(22)11-25-17(23)15-8-6-14(7-9-15)10-19-18(24)20-12(2)3/h6-9,12-13H,5,10-11H2,1-4H3,(H,21,22)(H2,19,20,24)/t13-/m0/s1. The van der Waals surface area contributed by atoms with Gasteiger partial charge in [0.2, 0.25) is 0 Å². The highest BCUT2D eigenvalue weighted by molar-refractivity contribution is 5.91. The van der Waals surface area contributed by atoms with Gasteiger partial charge < -0.3 is 20.7 Å². The maximum atomic E-state index is 11.9. The van der Waals surface area contributed by atoms with Crippen molar-refractivity contribution in [1.82, 2.24) is 16.0 Å². The van der Waals surface area contributed by atoms with Gasteiger partial charge in [-0.1, -0.05) is 19.1 Å². The Morgan fingerprint density at radius 3 is 2.24 bits per heavy atom. The topological polar surface area (TPSA) is 96.5 Å². The summed E-state index contributed by atoms with van der Waals surface area (Å²) < 4.78 is 4.99. The lowest BCUT2D eigenvalue weighted by molar-refractivity contribution is -0.124. The van der Waals surface area contributed by atoms with Crippen molar-refractivity contribution in [2.75, 3.05) is 6.61 Å². The van der Waals surface area contributed by atoms with E-state index < -0.39 is 5.97 Å². The molecule has 0 aromatic heterocycles. The highest BCUT2D eigenvalue weighted by atomic mass is 16.5. The summed E-state index contributed by atoms with van der Waals surface area (Å²) in [7, 11) is 0. The molecule has 1 aromatic carbocycles. The summed E-state index contributed by atoms with van der Waals surface area (Å²) in [6, 6.07) is 6.53. The second kappa shape index (κ2) is 10.3. The summed E-state index contributed by atoms with van der Waals surface area (Å²) in [6.45, 7) is 7.65. The van der Waals surface area contributed by atoms with Crippen molar-refractivity contribution >= 4 is 17.9 Å². The molecule has 0 saturated heterocycles. The zero-order chi connectivity index (χ0) is 18.8. The molecule has 3 amide bonds. The average molecular weight is 349 g/mol. The van der Waals surface area contributed by atoms with Gasteiger partial charge >= 0.3 is 12.0 Å². The third-order valence-corrected chi connectivity index (χ3v) is 3.42. The molecular formula is C18H27N3O4. The predicted octanol–water partition coefficient (Wildman–Crippen LogP) is 1.97. The normalized spacial score (nSPS) is 11.6. The third-order valence-electron chi connectivity index (χ3n) is 3.42. The number of carbonyl (C=O) groups is 3. The molecule has 7 heteroatoms. The molecule has 0 saturated carbocycles. The number of benzene rings is 1. The molecule has 0 aliphatic heterocycles. The van der Waals surface area contributed by atoms with Gasteiger partial charge in [0.15, 0.2) is 6.61 Å². The van der Waals surface area contributed by atoms with Crippen molar-refractivity contribution in [3.63, 3.8) is 0 Å². The number of carbonyl (C=O) groups excluding carboxylic acids is 3. The van der Waals surface area contributed by atoms with E-state index in [-0.39, 0.29) is 30.6 Å². The molecule has 0 heterocycles. The fraction of sp³-hybridized carbons (Fsp3) is 0.500. The first-order valence-electron chi connectivity index (χ1n) is 8.41. The molecule has 0 bridgehead atoms. The van der Waals surface area contributed by atoms with Crippen molar-refractivity contribution in [3.8, 4) is 0 Å². The molecule has 3 N–H and O–H groups in total. The van der Waals surface area contributed by atoms with Gasteiger partial charge in [-0.3, -0.25) is 4.79 Å². The molecule has 25 heavy (non-hydrogen) atoms. The smallest absolute Gasteiger partial charge is 0.338 e. The molecule has 138 valence electrons. The molecule has 0 aliphatic rings. The Hall–Kier alpha value is -2.57. The fourth-order valence-electron chi connectivity index (χ4n) is 1.89. The van der Waals surface area contributed by atoms with Crippen LogP contribution < -0.4 is 16.0 Å². The molecule has 0 aliphatic carbocycles. The average Bonchev–Trinajstić information content (AvgIpc) is 2.57. The minimum absolute atomic E-state index is 0.0471. The van der Waals surface area contributed by atoms with Gasteiger partial charge in [0.05, 0.1) is 5.56 Å². The van der Waals surface area contributed by atoms with E-state index in [4.69, 9.17) is 4.74 Å². The molecule has 1 rings (SSSR count). The first-order chi connectivity index (χ1) is 11.8. The number of hydrogen-bond donors (Lipinski definition) is 3.